The molecule has 2 aliphatic rings. The summed E-state index contributed by atoms with van der Waals surface area (Å²) in [6, 6.07) is 8.27. The summed E-state index contributed by atoms with van der Waals surface area (Å²) >= 11 is 0. The number of nitrogens with one attached hydrogen (secondary N) is 1. The molecule has 0 heterocycles. The molecular weight excluding hydrogens is 206 g/mol. The third kappa shape index (κ3) is 2.40. The minimum atomic E-state index is 0.497. The molecule has 1 heteroatoms. The summed E-state index contributed by atoms with van der Waals surface area (Å²) in [6.45, 7) is 4.64. The molecule has 0 aliphatic heterocycles. The molecule has 1 aromatic carbocycles. The highest BCUT2D eigenvalue weighted by molar-refractivity contribution is 5.36. The van der Waals surface area contributed by atoms with E-state index in [-0.39, 0.29) is 0 Å². The van der Waals surface area contributed by atoms with E-state index in [9.17, 15) is 0 Å². The molecule has 0 spiro atoms. The van der Waals surface area contributed by atoms with Crippen molar-refractivity contribution in [1.82, 2.24) is 5.32 Å². The SMILES string of the molecule is CC(NC(C)C1CC1)c1ccc2c(c1)CCC2. The lowest BCUT2D eigenvalue weighted by Gasteiger charge is -2.20. The summed E-state index contributed by atoms with van der Waals surface area (Å²) in [4.78, 5) is 0. The van der Waals surface area contributed by atoms with Crippen molar-refractivity contribution in [3.05, 3.63) is 34.9 Å². The van der Waals surface area contributed by atoms with Crippen LogP contribution in [0.25, 0.3) is 0 Å². The molecule has 0 saturated heterocycles. The van der Waals surface area contributed by atoms with Crippen molar-refractivity contribution in [3.8, 4) is 0 Å². The molecule has 92 valence electrons. The Morgan fingerprint density at radius 2 is 1.88 bits per heavy atom. The van der Waals surface area contributed by atoms with Crippen LogP contribution in [-0.4, -0.2) is 6.04 Å². The van der Waals surface area contributed by atoms with Gasteiger partial charge in [-0.15, -0.1) is 0 Å². The molecule has 1 saturated carbocycles. The lowest BCUT2D eigenvalue weighted by molar-refractivity contribution is 0.441. The average Bonchev–Trinajstić information content (AvgIpc) is 3.07. The zero-order chi connectivity index (χ0) is 11.8. The van der Waals surface area contributed by atoms with Crippen molar-refractivity contribution in [3.63, 3.8) is 0 Å². The van der Waals surface area contributed by atoms with Gasteiger partial charge >= 0.3 is 0 Å². The van der Waals surface area contributed by atoms with Crippen LogP contribution in [0.1, 0.15) is 55.8 Å². The van der Waals surface area contributed by atoms with Crippen LogP contribution in [0.3, 0.4) is 0 Å². The second-order valence-corrected chi connectivity index (χ2v) is 5.90. The Morgan fingerprint density at radius 3 is 2.65 bits per heavy atom. The molecule has 2 aliphatic carbocycles. The van der Waals surface area contributed by atoms with Crippen molar-refractivity contribution in [1.29, 1.82) is 0 Å². The van der Waals surface area contributed by atoms with E-state index in [4.69, 9.17) is 0 Å². The molecule has 1 fully saturated rings. The van der Waals surface area contributed by atoms with E-state index in [1.165, 1.54) is 37.7 Å². The van der Waals surface area contributed by atoms with Crippen LogP contribution in [0.15, 0.2) is 18.2 Å². The van der Waals surface area contributed by atoms with Crippen molar-refractivity contribution < 1.29 is 0 Å². The molecule has 1 N–H and O–H groups in total. The number of hydrogen-bond donors (Lipinski definition) is 1. The Hall–Kier alpha value is -0.820. The van der Waals surface area contributed by atoms with Gasteiger partial charge in [-0.05, 0) is 68.6 Å². The van der Waals surface area contributed by atoms with Gasteiger partial charge in [-0.2, -0.15) is 0 Å². The molecule has 1 nitrogen and oxygen atoms in total. The maximum Gasteiger partial charge on any atom is 0.0294 e. The van der Waals surface area contributed by atoms with Gasteiger partial charge in [0, 0.05) is 12.1 Å². The van der Waals surface area contributed by atoms with Crippen molar-refractivity contribution in [2.75, 3.05) is 0 Å². The third-order valence-corrected chi connectivity index (χ3v) is 4.46. The number of aryl methyl sites for hydroxylation is 2. The number of fused-ring (bicyclic) bond motifs is 1. The Labute approximate surface area is 105 Å². The highest BCUT2D eigenvalue weighted by Gasteiger charge is 2.28. The van der Waals surface area contributed by atoms with Gasteiger partial charge in [-0.1, -0.05) is 18.2 Å². The Balaban J connectivity index is 1.70. The molecule has 0 bridgehead atoms. The second-order valence-electron chi connectivity index (χ2n) is 5.90. The van der Waals surface area contributed by atoms with E-state index in [0.29, 0.717) is 12.1 Å². The number of rotatable bonds is 4. The standard InChI is InChI=1S/C16H23N/c1-11(13-6-7-13)17-12(2)15-9-8-14-4-3-5-16(14)10-15/h8-13,17H,3-7H2,1-2H3. The van der Waals surface area contributed by atoms with Crippen molar-refractivity contribution in [2.24, 2.45) is 5.92 Å². The zero-order valence-electron chi connectivity index (χ0n) is 11.0. The lowest BCUT2D eigenvalue weighted by Crippen LogP contribution is -2.30. The van der Waals surface area contributed by atoms with E-state index < -0.39 is 0 Å². The van der Waals surface area contributed by atoms with Crippen LogP contribution in [0, 0.1) is 5.92 Å². The van der Waals surface area contributed by atoms with Gasteiger partial charge in [0.05, 0.1) is 0 Å². The second kappa shape index (κ2) is 4.45. The average molecular weight is 229 g/mol. The fourth-order valence-electron chi connectivity index (χ4n) is 3.08. The van der Waals surface area contributed by atoms with Gasteiger partial charge in [0.25, 0.3) is 0 Å². The van der Waals surface area contributed by atoms with Gasteiger partial charge in [-0.25, -0.2) is 0 Å². The first-order valence-corrected chi connectivity index (χ1v) is 7.12. The maximum absolute atomic E-state index is 3.75. The summed E-state index contributed by atoms with van der Waals surface area (Å²) < 4.78 is 0. The molecule has 17 heavy (non-hydrogen) atoms. The normalized spacial score (nSPS) is 22.2. The molecule has 0 aromatic heterocycles. The van der Waals surface area contributed by atoms with Crippen LogP contribution in [-0.2, 0) is 12.8 Å². The topological polar surface area (TPSA) is 12.0 Å². The number of benzene rings is 1. The smallest absolute Gasteiger partial charge is 0.0294 e. The number of hydrogen-bond acceptors (Lipinski definition) is 1. The first-order valence-electron chi connectivity index (χ1n) is 7.12. The van der Waals surface area contributed by atoms with Gasteiger partial charge in [0.1, 0.15) is 0 Å². The zero-order valence-corrected chi connectivity index (χ0v) is 11.0. The fraction of sp³-hybridized carbons (Fsp3) is 0.625. The Morgan fingerprint density at radius 1 is 1.12 bits per heavy atom. The summed E-state index contributed by atoms with van der Waals surface area (Å²) in [5, 5.41) is 3.75. The predicted octanol–water partition coefficient (Wildman–Crippen LogP) is 3.62. The van der Waals surface area contributed by atoms with E-state index in [1.807, 2.05) is 0 Å². The fourth-order valence-corrected chi connectivity index (χ4v) is 3.08. The molecule has 2 atom stereocenters. The summed E-state index contributed by atoms with van der Waals surface area (Å²) in [5.41, 5.74) is 4.64. The summed E-state index contributed by atoms with van der Waals surface area (Å²) in [6.07, 6.45) is 6.76. The van der Waals surface area contributed by atoms with E-state index in [2.05, 4.69) is 37.4 Å². The van der Waals surface area contributed by atoms with Gasteiger partial charge in [-0.3, -0.25) is 0 Å². The molecule has 1 aromatic rings. The minimum absolute atomic E-state index is 0.497. The van der Waals surface area contributed by atoms with Crippen LogP contribution >= 0.6 is 0 Å². The van der Waals surface area contributed by atoms with Crippen LogP contribution in [0.2, 0.25) is 0 Å². The first-order chi connectivity index (χ1) is 8.24. The van der Waals surface area contributed by atoms with Gasteiger partial charge < -0.3 is 5.32 Å². The van der Waals surface area contributed by atoms with Crippen LogP contribution in [0.4, 0.5) is 0 Å². The van der Waals surface area contributed by atoms with Crippen molar-refractivity contribution >= 4 is 0 Å². The van der Waals surface area contributed by atoms with E-state index >= 15 is 0 Å². The monoisotopic (exact) mass is 229 g/mol. The molecule has 2 unspecified atom stereocenters. The predicted molar refractivity (Wildman–Crippen MR) is 72.2 cm³/mol. The molecule has 3 rings (SSSR count). The quantitative estimate of drug-likeness (QED) is 0.831. The van der Waals surface area contributed by atoms with E-state index in [1.54, 1.807) is 11.1 Å². The summed E-state index contributed by atoms with van der Waals surface area (Å²) in [5.74, 6) is 0.937. The Kier molecular flexibility index (Phi) is 2.96. The van der Waals surface area contributed by atoms with E-state index in [0.717, 1.165) is 5.92 Å². The minimum Gasteiger partial charge on any atom is -0.307 e. The van der Waals surface area contributed by atoms with Crippen molar-refractivity contribution in [2.45, 2.75) is 58.0 Å². The van der Waals surface area contributed by atoms with Gasteiger partial charge in [0.2, 0.25) is 0 Å². The Bertz CT molecular complexity index is 406. The lowest BCUT2D eigenvalue weighted by atomic mass is 10.0. The molecular formula is C16H23N. The van der Waals surface area contributed by atoms with Crippen LogP contribution < -0.4 is 5.32 Å². The molecule has 0 amide bonds. The van der Waals surface area contributed by atoms with Gasteiger partial charge in [0.15, 0.2) is 0 Å². The highest BCUT2D eigenvalue weighted by Crippen LogP contribution is 2.33. The largest absolute Gasteiger partial charge is 0.307 e. The highest BCUT2D eigenvalue weighted by atomic mass is 15.0. The summed E-state index contributed by atoms with van der Waals surface area (Å²) in [7, 11) is 0. The van der Waals surface area contributed by atoms with Crippen LogP contribution in [0.5, 0.6) is 0 Å². The third-order valence-electron chi connectivity index (χ3n) is 4.46. The maximum atomic E-state index is 3.75. The molecule has 0 radical (unpaired) electrons. The first kappa shape index (κ1) is 11.3.